The van der Waals surface area contributed by atoms with Crippen LogP contribution in [0.2, 0.25) is 0 Å². The molecule has 0 fully saturated rings. The molecule has 0 saturated heterocycles. The van der Waals surface area contributed by atoms with Crippen molar-refractivity contribution in [3.8, 4) is 6.07 Å². The van der Waals surface area contributed by atoms with Gasteiger partial charge >= 0.3 is 0 Å². The number of carbonyl (C=O) groups excluding carboxylic acids is 1. The van der Waals surface area contributed by atoms with E-state index in [4.69, 9.17) is 5.26 Å². The molecule has 0 bridgehead atoms. The van der Waals surface area contributed by atoms with Crippen molar-refractivity contribution < 1.29 is 13.2 Å². The molecule has 3 aromatic rings. The molecule has 1 N–H and O–H groups in total. The highest BCUT2D eigenvalue weighted by Crippen LogP contribution is 2.29. The Kier molecular flexibility index (Phi) is 6.64. The second-order valence-corrected chi connectivity index (χ2v) is 10.3. The van der Waals surface area contributed by atoms with Gasteiger partial charge in [-0.05, 0) is 29.8 Å². The first-order chi connectivity index (χ1) is 13.9. The van der Waals surface area contributed by atoms with E-state index < -0.39 is 15.7 Å². The number of amides is 1. The van der Waals surface area contributed by atoms with Gasteiger partial charge in [-0.25, -0.2) is 8.42 Å². The Morgan fingerprint density at radius 1 is 1.17 bits per heavy atom. The quantitative estimate of drug-likeness (QED) is 0.436. The molecule has 1 aromatic heterocycles. The molecule has 3 rings (SSSR count). The largest absolute Gasteiger partial charge is 0.296 e. The van der Waals surface area contributed by atoms with Gasteiger partial charge in [-0.2, -0.15) is 5.26 Å². The van der Waals surface area contributed by atoms with E-state index in [1.54, 1.807) is 24.3 Å². The number of nitrogens with zero attached hydrogens (tertiary/aromatic N) is 3. The molecule has 10 heteroatoms. The molecule has 0 atom stereocenters. The maximum atomic E-state index is 12.6. The summed E-state index contributed by atoms with van der Waals surface area (Å²) in [4.78, 5) is 12.6. The number of benzene rings is 2. The zero-order valence-corrected chi connectivity index (χ0v) is 17.8. The number of rotatable bonds is 7. The monoisotopic (exact) mass is 444 g/mol. The maximum Gasteiger partial charge on any atom is 0.258 e. The summed E-state index contributed by atoms with van der Waals surface area (Å²) in [5.74, 6) is 0.00961. The molecule has 7 nitrogen and oxygen atoms in total. The number of hydrogen-bond donors (Lipinski definition) is 1. The summed E-state index contributed by atoms with van der Waals surface area (Å²) in [7, 11) is -3.52. The van der Waals surface area contributed by atoms with Gasteiger partial charge in [0.25, 0.3) is 5.91 Å². The molecule has 29 heavy (non-hydrogen) atoms. The SMILES string of the molecule is CCS(=O)(=O)c1ccccc1C(=O)Nc1nnc(SCc2ccc(C#N)cc2)s1. The summed E-state index contributed by atoms with van der Waals surface area (Å²) in [5.41, 5.74) is 1.72. The first-order valence-corrected chi connectivity index (χ1v) is 12.0. The summed E-state index contributed by atoms with van der Waals surface area (Å²) in [6.45, 7) is 1.53. The second kappa shape index (κ2) is 9.17. The molecule has 0 aliphatic heterocycles. The van der Waals surface area contributed by atoms with E-state index in [2.05, 4.69) is 21.6 Å². The summed E-state index contributed by atoms with van der Waals surface area (Å²) >= 11 is 2.67. The van der Waals surface area contributed by atoms with E-state index in [9.17, 15) is 13.2 Å². The van der Waals surface area contributed by atoms with Gasteiger partial charge in [-0.1, -0.05) is 54.3 Å². The zero-order valence-electron chi connectivity index (χ0n) is 15.3. The van der Waals surface area contributed by atoms with Crippen LogP contribution in [-0.2, 0) is 15.6 Å². The Morgan fingerprint density at radius 2 is 1.90 bits per heavy atom. The van der Waals surface area contributed by atoms with Crippen molar-refractivity contribution in [1.82, 2.24) is 10.2 Å². The molecule has 0 saturated carbocycles. The minimum atomic E-state index is -3.52. The van der Waals surface area contributed by atoms with Crippen molar-refractivity contribution in [1.29, 1.82) is 5.26 Å². The predicted molar refractivity (Wildman–Crippen MR) is 113 cm³/mol. The van der Waals surface area contributed by atoms with Gasteiger partial charge in [0.05, 0.1) is 27.8 Å². The normalized spacial score (nSPS) is 11.0. The van der Waals surface area contributed by atoms with Gasteiger partial charge in [0.15, 0.2) is 14.2 Å². The first kappa shape index (κ1) is 21.0. The molecule has 0 aliphatic rings. The molecule has 2 aromatic carbocycles. The zero-order chi connectivity index (χ0) is 20.9. The van der Waals surface area contributed by atoms with Crippen molar-refractivity contribution in [2.45, 2.75) is 21.9 Å². The van der Waals surface area contributed by atoms with Crippen LogP contribution in [0, 0.1) is 11.3 Å². The van der Waals surface area contributed by atoms with E-state index >= 15 is 0 Å². The average Bonchev–Trinajstić information content (AvgIpc) is 3.19. The van der Waals surface area contributed by atoms with Crippen molar-refractivity contribution in [3.05, 3.63) is 65.2 Å². The molecule has 1 amide bonds. The van der Waals surface area contributed by atoms with Gasteiger partial charge in [0.1, 0.15) is 0 Å². The van der Waals surface area contributed by atoms with E-state index in [1.165, 1.54) is 42.2 Å². The number of nitrogens with one attached hydrogen (secondary N) is 1. The lowest BCUT2D eigenvalue weighted by Crippen LogP contribution is -2.17. The Balaban J connectivity index is 1.67. The minimum Gasteiger partial charge on any atom is -0.296 e. The number of hydrogen-bond acceptors (Lipinski definition) is 8. The van der Waals surface area contributed by atoms with Crippen LogP contribution in [-0.4, -0.2) is 30.3 Å². The lowest BCUT2D eigenvalue weighted by atomic mass is 10.2. The number of nitriles is 1. The van der Waals surface area contributed by atoms with Crippen LogP contribution in [0.25, 0.3) is 0 Å². The molecule has 0 unspecified atom stereocenters. The summed E-state index contributed by atoms with van der Waals surface area (Å²) in [6, 6.07) is 15.4. The van der Waals surface area contributed by atoms with Crippen molar-refractivity contribution >= 4 is 44.0 Å². The third-order valence-electron chi connectivity index (χ3n) is 3.92. The molecule has 1 heterocycles. The lowest BCUT2D eigenvalue weighted by Gasteiger charge is -2.08. The van der Waals surface area contributed by atoms with Crippen LogP contribution in [0.1, 0.15) is 28.4 Å². The van der Waals surface area contributed by atoms with Crippen LogP contribution >= 0.6 is 23.1 Å². The Bertz CT molecular complexity index is 1170. The number of carbonyl (C=O) groups is 1. The fraction of sp³-hybridized carbons (Fsp3) is 0.158. The smallest absolute Gasteiger partial charge is 0.258 e. The summed E-state index contributed by atoms with van der Waals surface area (Å²) in [5, 5.41) is 19.7. The second-order valence-electron chi connectivity index (χ2n) is 5.82. The molecule has 148 valence electrons. The lowest BCUT2D eigenvalue weighted by molar-refractivity contribution is 0.102. The number of thioether (sulfide) groups is 1. The number of sulfone groups is 1. The van der Waals surface area contributed by atoms with Crippen LogP contribution in [0.3, 0.4) is 0 Å². The summed E-state index contributed by atoms with van der Waals surface area (Å²) in [6.07, 6.45) is 0. The van der Waals surface area contributed by atoms with E-state index in [0.29, 0.717) is 20.8 Å². The van der Waals surface area contributed by atoms with Gasteiger partial charge in [-0.15, -0.1) is 10.2 Å². The van der Waals surface area contributed by atoms with E-state index in [1.807, 2.05) is 12.1 Å². The molecule has 0 spiro atoms. The van der Waals surface area contributed by atoms with Crippen molar-refractivity contribution in [3.63, 3.8) is 0 Å². The summed E-state index contributed by atoms with van der Waals surface area (Å²) < 4.78 is 25.1. The highest BCUT2D eigenvalue weighted by molar-refractivity contribution is 8.00. The number of aromatic nitrogens is 2. The minimum absolute atomic E-state index is 0.0000651. The first-order valence-electron chi connectivity index (χ1n) is 8.51. The van der Waals surface area contributed by atoms with E-state index in [0.717, 1.165) is 5.56 Å². The highest BCUT2D eigenvalue weighted by atomic mass is 32.2. The Labute approximate surface area is 176 Å². The fourth-order valence-electron chi connectivity index (χ4n) is 2.38. The third-order valence-corrected chi connectivity index (χ3v) is 7.75. The predicted octanol–water partition coefficient (Wildman–Crippen LogP) is 3.75. The standard InChI is InChI=1S/C19H16N4O3S3/c1-2-29(25,26)16-6-4-3-5-15(16)17(24)21-18-22-23-19(28-18)27-12-14-9-7-13(11-20)8-10-14/h3-10H,2,12H2,1H3,(H,21,22,24). The highest BCUT2D eigenvalue weighted by Gasteiger charge is 2.21. The van der Waals surface area contributed by atoms with Crippen LogP contribution < -0.4 is 5.32 Å². The van der Waals surface area contributed by atoms with Gasteiger partial charge in [0.2, 0.25) is 5.13 Å². The molecule has 0 radical (unpaired) electrons. The van der Waals surface area contributed by atoms with Gasteiger partial charge in [-0.3, -0.25) is 10.1 Å². The maximum absolute atomic E-state index is 12.6. The topological polar surface area (TPSA) is 113 Å². The Hall–Kier alpha value is -2.74. The van der Waals surface area contributed by atoms with E-state index in [-0.39, 0.29) is 16.2 Å². The molecular formula is C19H16N4O3S3. The van der Waals surface area contributed by atoms with Crippen LogP contribution in [0.15, 0.2) is 57.8 Å². The molecular weight excluding hydrogens is 428 g/mol. The van der Waals surface area contributed by atoms with Gasteiger partial charge < -0.3 is 0 Å². The Morgan fingerprint density at radius 3 is 2.59 bits per heavy atom. The fourth-order valence-corrected chi connectivity index (χ4v) is 5.18. The van der Waals surface area contributed by atoms with Crippen LogP contribution in [0.5, 0.6) is 0 Å². The van der Waals surface area contributed by atoms with Crippen molar-refractivity contribution in [2.75, 3.05) is 11.1 Å². The number of anilines is 1. The third kappa shape index (κ3) is 5.20. The van der Waals surface area contributed by atoms with Gasteiger partial charge in [0, 0.05) is 5.75 Å². The van der Waals surface area contributed by atoms with Crippen LogP contribution in [0.4, 0.5) is 5.13 Å². The van der Waals surface area contributed by atoms with Crippen molar-refractivity contribution in [2.24, 2.45) is 0 Å². The molecule has 0 aliphatic carbocycles. The average molecular weight is 445 g/mol.